The molecule has 3 atom stereocenters. The van der Waals surface area contributed by atoms with Gasteiger partial charge in [0.1, 0.15) is 18.3 Å². The number of methoxy groups -OCH3 is 1. The lowest BCUT2D eigenvalue weighted by Crippen LogP contribution is -2.63. The molecule has 3 nitrogen and oxygen atoms in total. The number of nitrogens with one attached hydrogen (secondary N) is 1. The molecule has 0 saturated carbocycles. The first-order chi connectivity index (χ1) is 11.3. The molecule has 1 spiro atoms. The maximum absolute atomic E-state index is 5.65. The van der Waals surface area contributed by atoms with Crippen molar-refractivity contribution < 1.29 is 9.22 Å². The number of fused-ring (bicyclic) bond motifs is 5. The van der Waals surface area contributed by atoms with Crippen LogP contribution in [0, 0.1) is 5.92 Å². The summed E-state index contributed by atoms with van der Waals surface area (Å²) >= 11 is 0. The highest BCUT2D eigenvalue weighted by atomic mass is 16.5. The van der Waals surface area contributed by atoms with Gasteiger partial charge in [-0.3, -0.25) is 0 Å². The van der Waals surface area contributed by atoms with Crippen LogP contribution in [0.5, 0.6) is 5.75 Å². The van der Waals surface area contributed by atoms with Gasteiger partial charge in [-0.15, -0.1) is 0 Å². The van der Waals surface area contributed by atoms with E-state index in [1.54, 1.807) is 12.7 Å². The molecule has 1 unspecified atom stereocenters. The maximum Gasteiger partial charge on any atom is 0.131 e. The van der Waals surface area contributed by atoms with Crippen LogP contribution in [0.25, 0.3) is 10.9 Å². The summed E-state index contributed by atoms with van der Waals surface area (Å²) in [5.74, 6) is 1.84. The summed E-state index contributed by atoms with van der Waals surface area (Å²) in [6, 6.07) is 7.06. The van der Waals surface area contributed by atoms with Crippen molar-refractivity contribution in [3.63, 3.8) is 0 Å². The summed E-state index contributed by atoms with van der Waals surface area (Å²) in [4.78, 5) is 3.79. The normalized spacial score (nSPS) is 33.7. The van der Waals surface area contributed by atoms with Crippen LogP contribution in [0.1, 0.15) is 37.1 Å². The highest BCUT2D eigenvalue weighted by Crippen LogP contribution is 2.52. The Labute approximate surface area is 137 Å². The van der Waals surface area contributed by atoms with Gasteiger partial charge in [0.05, 0.1) is 25.9 Å². The van der Waals surface area contributed by atoms with Gasteiger partial charge in [0.15, 0.2) is 0 Å². The Hall–Kier alpha value is -1.74. The van der Waals surface area contributed by atoms with E-state index >= 15 is 0 Å². The number of benzene rings is 1. The van der Waals surface area contributed by atoms with Gasteiger partial charge in [-0.25, -0.2) is 0 Å². The molecule has 1 aromatic heterocycles. The van der Waals surface area contributed by atoms with E-state index in [-0.39, 0.29) is 0 Å². The lowest BCUT2D eigenvalue weighted by molar-refractivity contribution is -0.967. The second kappa shape index (κ2) is 4.64. The van der Waals surface area contributed by atoms with Gasteiger partial charge >= 0.3 is 0 Å². The number of hydrogen-bond donors (Lipinski definition) is 1. The summed E-state index contributed by atoms with van der Waals surface area (Å²) in [6.07, 6.45) is 6.27. The van der Waals surface area contributed by atoms with Gasteiger partial charge < -0.3 is 14.2 Å². The predicted octanol–water partition coefficient (Wildman–Crippen LogP) is 3.96. The average Bonchev–Trinajstić information content (AvgIpc) is 3.00. The third-order valence-electron chi connectivity index (χ3n) is 6.77. The van der Waals surface area contributed by atoms with E-state index in [9.17, 15) is 0 Å². The van der Waals surface area contributed by atoms with Gasteiger partial charge in [-0.2, -0.15) is 0 Å². The summed E-state index contributed by atoms with van der Waals surface area (Å²) in [5, 5.41) is 1.33. The number of ether oxygens (including phenoxy) is 1. The van der Waals surface area contributed by atoms with Crippen LogP contribution >= 0.6 is 0 Å². The number of rotatable bonds is 1. The number of piperidine rings is 3. The molecule has 4 aliphatic heterocycles. The number of aromatic nitrogens is 1. The van der Waals surface area contributed by atoms with E-state index in [1.165, 1.54) is 65.5 Å². The van der Waals surface area contributed by atoms with E-state index in [0.29, 0.717) is 6.04 Å². The van der Waals surface area contributed by atoms with Crippen LogP contribution in [-0.4, -0.2) is 36.2 Å². The molecule has 0 amide bonds. The fourth-order valence-electron chi connectivity index (χ4n) is 5.61. The Bertz CT molecular complexity index is 818. The molecule has 4 aliphatic rings. The van der Waals surface area contributed by atoms with Gasteiger partial charge in [-0.1, -0.05) is 12.1 Å². The maximum atomic E-state index is 5.65. The molecular weight excluding hydrogens is 284 g/mol. The Morgan fingerprint density at radius 1 is 1.30 bits per heavy atom. The number of H-pyrrole nitrogens is 1. The number of nitrogens with zero attached hydrogens (tertiary/aromatic N) is 1. The quantitative estimate of drug-likeness (QED) is 0.626. The van der Waals surface area contributed by atoms with E-state index in [0.717, 1.165) is 11.7 Å². The van der Waals surface area contributed by atoms with Gasteiger partial charge in [0.25, 0.3) is 0 Å². The Morgan fingerprint density at radius 2 is 2.22 bits per heavy atom. The minimum Gasteiger partial charge on any atom is -0.496 e. The van der Waals surface area contributed by atoms with Crippen LogP contribution in [0.3, 0.4) is 0 Å². The number of hydrogen-bond acceptors (Lipinski definition) is 1. The van der Waals surface area contributed by atoms with Crippen molar-refractivity contribution in [2.24, 2.45) is 5.92 Å². The summed E-state index contributed by atoms with van der Waals surface area (Å²) < 4.78 is 6.94. The summed E-state index contributed by atoms with van der Waals surface area (Å²) in [6.45, 7) is 6.15. The molecule has 5 heterocycles. The molecule has 0 aliphatic carbocycles. The topological polar surface area (TPSA) is 25.0 Å². The monoisotopic (exact) mass is 309 g/mol. The molecule has 120 valence electrons. The minimum absolute atomic E-state index is 0.665. The van der Waals surface area contributed by atoms with Gasteiger partial charge in [-0.05, 0) is 36.1 Å². The zero-order chi connectivity index (χ0) is 15.6. The first-order valence-corrected chi connectivity index (χ1v) is 8.94. The number of allylic oxidation sites excluding steroid dienone is 1. The Morgan fingerprint density at radius 3 is 3.04 bits per heavy atom. The number of quaternary nitrogens is 1. The van der Waals surface area contributed by atoms with Crippen molar-refractivity contribution in [1.29, 1.82) is 0 Å². The SMILES string of the molecule is C/C=C1/C[N+]23CCc4c([nH]c5cccc(OC)c45)[C@@H]2C[C@@H]1CC3. The standard InChI is InChI=1S/C20H25N2O/c1-3-13-12-22-9-7-14(13)11-17(22)20-15(8-10-22)19-16(21-20)5-4-6-18(19)23-2/h3-6,14,17,21H,7-12H2,1-2H3/q+1/b13-3-/t14-,17-,22?/m0/s1. The van der Waals surface area contributed by atoms with Gasteiger partial charge in [0.2, 0.25) is 0 Å². The summed E-state index contributed by atoms with van der Waals surface area (Å²) in [7, 11) is 1.79. The number of aromatic amines is 1. The van der Waals surface area contributed by atoms with Crippen LogP contribution in [0.4, 0.5) is 0 Å². The molecule has 6 rings (SSSR count). The average molecular weight is 309 g/mol. The second-order valence-electron chi connectivity index (χ2n) is 7.57. The van der Waals surface area contributed by atoms with Crippen molar-refractivity contribution in [1.82, 2.24) is 4.98 Å². The second-order valence-corrected chi connectivity index (χ2v) is 7.57. The molecule has 3 fully saturated rings. The van der Waals surface area contributed by atoms with E-state index in [4.69, 9.17) is 4.74 Å². The lowest BCUT2D eigenvalue weighted by atomic mass is 9.73. The van der Waals surface area contributed by atoms with E-state index < -0.39 is 0 Å². The van der Waals surface area contributed by atoms with Crippen molar-refractivity contribution in [3.05, 3.63) is 41.1 Å². The molecule has 0 radical (unpaired) electrons. The fourth-order valence-corrected chi connectivity index (χ4v) is 5.61. The highest BCUT2D eigenvalue weighted by Gasteiger charge is 2.53. The highest BCUT2D eigenvalue weighted by molar-refractivity contribution is 5.91. The molecule has 2 bridgehead atoms. The molecule has 1 aromatic carbocycles. The Kier molecular flexibility index (Phi) is 2.76. The first kappa shape index (κ1) is 13.7. The van der Waals surface area contributed by atoms with Gasteiger partial charge in [0, 0.05) is 30.2 Å². The molecular formula is C20H25N2O+. The van der Waals surface area contributed by atoms with Crippen molar-refractivity contribution in [2.45, 2.75) is 32.2 Å². The Balaban J connectivity index is 1.69. The van der Waals surface area contributed by atoms with Crippen LogP contribution in [0.2, 0.25) is 0 Å². The van der Waals surface area contributed by atoms with Crippen molar-refractivity contribution in [2.75, 3.05) is 26.7 Å². The van der Waals surface area contributed by atoms with E-state index in [2.05, 4.69) is 36.2 Å². The third kappa shape index (κ3) is 1.69. The fraction of sp³-hybridized carbons (Fsp3) is 0.500. The zero-order valence-corrected chi connectivity index (χ0v) is 14.1. The lowest BCUT2D eigenvalue weighted by Gasteiger charge is -2.57. The zero-order valence-electron chi connectivity index (χ0n) is 14.1. The first-order valence-electron chi connectivity index (χ1n) is 8.94. The summed E-state index contributed by atoms with van der Waals surface area (Å²) in [5.41, 5.74) is 6.00. The van der Waals surface area contributed by atoms with Crippen molar-refractivity contribution in [3.8, 4) is 5.75 Å². The molecule has 3 saturated heterocycles. The van der Waals surface area contributed by atoms with Crippen LogP contribution in [-0.2, 0) is 6.42 Å². The smallest absolute Gasteiger partial charge is 0.131 e. The molecule has 2 aromatic rings. The molecule has 23 heavy (non-hydrogen) atoms. The van der Waals surface area contributed by atoms with Crippen LogP contribution < -0.4 is 4.74 Å². The minimum atomic E-state index is 0.665. The van der Waals surface area contributed by atoms with E-state index in [1.807, 2.05) is 0 Å². The molecule has 1 N–H and O–H groups in total. The third-order valence-corrected chi connectivity index (χ3v) is 6.77. The van der Waals surface area contributed by atoms with Crippen LogP contribution in [0.15, 0.2) is 29.8 Å². The molecule has 3 heteroatoms. The van der Waals surface area contributed by atoms with Crippen molar-refractivity contribution >= 4 is 10.9 Å². The predicted molar refractivity (Wildman–Crippen MR) is 92.6 cm³/mol. The largest absolute Gasteiger partial charge is 0.496 e.